The highest BCUT2D eigenvalue weighted by molar-refractivity contribution is 7.15. The predicted molar refractivity (Wildman–Crippen MR) is 147 cm³/mol. The summed E-state index contributed by atoms with van der Waals surface area (Å²) in [5.74, 6) is 0.356. The highest BCUT2D eigenvalue weighted by Gasteiger charge is 2.24. The number of thiophene rings is 1. The van der Waals surface area contributed by atoms with E-state index in [1.54, 1.807) is 33.3 Å². The van der Waals surface area contributed by atoms with Gasteiger partial charge in [-0.2, -0.15) is 0 Å². The Morgan fingerprint density at radius 1 is 0.865 bits per heavy atom. The first-order valence-corrected chi connectivity index (χ1v) is 12.9. The van der Waals surface area contributed by atoms with Gasteiger partial charge in [0.05, 0.1) is 20.8 Å². The fourth-order valence-corrected chi connectivity index (χ4v) is 5.08. The highest BCUT2D eigenvalue weighted by Crippen LogP contribution is 2.40. The Kier molecular flexibility index (Phi) is 8.59. The lowest BCUT2D eigenvalue weighted by molar-refractivity contribution is 0.0529. The van der Waals surface area contributed by atoms with Crippen molar-refractivity contribution in [2.24, 2.45) is 0 Å². The minimum atomic E-state index is -0.499. The quantitative estimate of drug-likeness (QED) is 0.240. The van der Waals surface area contributed by atoms with Crippen molar-refractivity contribution in [3.05, 3.63) is 100 Å². The van der Waals surface area contributed by atoms with E-state index >= 15 is 0 Å². The third-order valence-electron chi connectivity index (χ3n) is 5.98. The van der Waals surface area contributed by atoms with Crippen molar-refractivity contribution >= 4 is 28.2 Å². The molecule has 0 aliphatic carbocycles. The summed E-state index contributed by atoms with van der Waals surface area (Å²) in [6.07, 6.45) is 1.54. The Morgan fingerprint density at radius 3 is 2.32 bits per heavy atom. The fourth-order valence-electron chi connectivity index (χ4n) is 4.13. The van der Waals surface area contributed by atoms with Gasteiger partial charge in [-0.05, 0) is 54.7 Å². The maximum atomic E-state index is 13.4. The molecule has 1 aromatic heterocycles. The van der Waals surface area contributed by atoms with E-state index in [0.29, 0.717) is 33.2 Å². The Bertz CT molecular complexity index is 1380. The van der Waals surface area contributed by atoms with E-state index in [1.807, 2.05) is 53.9 Å². The lowest BCUT2D eigenvalue weighted by atomic mass is 9.99. The first kappa shape index (κ1) is 26.0. The van der Waals surface area contributed by atoms with Crippen LogP contribution < -0.4 is 14.8 Å². The number of anilines is 1. The van der Waals surface area contributed by atoms with Crippen molar-refractivity contribution in [3.8, 4) is 22.6 Å². The number of hydrogen-bond acceptors (Lipinski definition) is 6. The smallest absolute Gasteiger partial charge is 0.341 e. The second-order valence-corrected chi connectivity index (χ2v) is 9.12. The van der Waals surface area contributed by atoms with Crippen LogP contribution in [0.5, 0.6) is 11.5 Å². The number of methoxy groups -OCH3 is 2. The van der Waals surface area contributed by atoms with Crippen molar-refractivity contribution in [2.45, 2.75) is 19.8 Å². The molecular weight excluding hydrogens is 486 g/mol. The lowest BCUT2D eigenvalue weighted by Crippen LogP contribution is -2.16. The SMILES string of the molecule is CCOC(=O)c1c(-c2ccc(OC)c(OC)c2)csc1NC(=O)c1ccccc1CCc1ccccc1. The molecule has 0 aliphatic rings. The van der Waals surface area contributed by atoms with Gasteiger partial charge in [0.25, 0.3) is 5.91 Å². The van der Waals surface area contributed by atoms with E-state index < -0.39 is 5.97 Å². The van der Waals surface area contributed by atoms with E-state index in [0.717, 1.165) is 24.0 Å². The molecule has 0 atom stereocenters. The van der Waals surface area contributed by atoms with Gasteiger partial charge in [-0.15, -0.1) is 11.3 Å². The van der Waals surface area contributed by atoms with Gasteiger partial charge in [-0.25, -0.2) is 4.79 Å². The largest absolute Gasteiger partial charge is 0.493 e. The summed E-state index contributed by atoms with van der Waals surface area (Å²) in [5.41, 5.74) is 4.44. The molecule has 37 heavy (non-hydrogen) atoms. The van der Waals surface area contributed by atoms with Crippen molar-refractivity contribution in [3.63, 3.8) is 0 Å². The van der Waals surface area contributed by atoms with Crippen LogP contribution in [0.4, 0.5) is 5.00 Å². The van der Waals surface area contributed by atoms with Gasteiger partial charge in [-0.3, -0.25) is 4.79 Å². The van der Waals surface area contributed by atoms with Crippen LogP contribution in [0.15, 0.2) is 78.2 Å². The minimum absolute atomic E-state index is 0.218. The second-order valence-electron chi connectivity index (χ2n) is 8.24. The monoisotopic (exact) mass is 515 g/mol. The number of carbonyl (C=O) groups is 2. The number of esters is 1. The Balaban J connectivity index is 1.64. The molecular formula is C30H29NO5S. The Morgan fingerprint density at radius 2 is 1.59 bits per heavy atom. The summed E-state index contributed by atoms with van der Waals surface area (Å²) < 4.78 is 16.1. The average molecular weight is 516 g/mol. The standard InChI is InChI=1S/C30H29NO5S/c1-4-36-30(33)27-24(22-16-17-25(34-2)26(18-22)35-3)19-37-29(27)31-28(32)23-13-9-8-12-21(23)15-14-20-10-6-5-7-11-20/h5-13,16-19H,4,14-15H2,1-3H3,(H,31,32). The topological polar surface area (TPSA) is 73.9 Å². The van der Waals surface area contributed by atoms with Crippen molar-refractivity contribution < 1.29 is 23.8 Å². The fraction of sp³-hybridized carbons (Fsp3) is 0.200. The average Bonchev–Trinajstić information content (AvgIpc) is 3.35. The molecule has 3 aromatic carbocycles. The van der Waals surface area contributed by atoms with Crippen LogP contribution in [-0.2, 0) is 17.6 Å². The first-order valence-electron chi connectivity index (χ1n) is 12.0. The van der Waals surface area contributed by atoms with E-state index in [-0.39, 0.29) is 12.5 Å². The van der Waals surface area contributed by atoms with Crippen LogP contribution in [-0.4, -0.2) is 32.7 Å². The van der Waals surface area contributed by atoms with Crippen LogP contribution in [0.1, 0.15) is 38.8 Å². The van der Waals surface area contributed by atoms with Crippen LogP contribution in [0.3, 0.4) is 0 Å². The molecule has 190 valence electrons. The van der Waals surface area contributed by atoms with Crippen LogP contribution in [0.2, 0.25) is 0 Å². The molecule has 4 aromatic rings. The number of aryl methyl sites for hydroxylation is 2. The number of benzene rings is 3. The molecule has 0 radical (unpaired) electrons. The molecule has 0 spiro atoms. The summed E-state index contributed by atoms with van der Waals surface area (Å²) in [4.78, 5) is 26.4. The molecule has 1 heterocycles. The van der Waals surface area contributed by atoms with Gasteiger partial charge in [0.1, 0.15) is 10.6 Å². The maximum absolute atomic E-state index is 13.4. The summed E-state index contributed by atoms with van der Waals surface area (Å²) in [6.45, 7) is 1.97. The molecule has 0 aliphatic heterocycles. The van der Waals surface area contributed by atoms with Gasteiger partial charge in [0.15, 0.2) is 11.5 Å². The zero-order valence-electron chi connectivity index (χ0n) is 21.1. The van der Waals surface area contributed by atoms with Gasteiger partial charge in [-0.1, -0.05) is 54.6 Å². The third-order valence-corrected chi connectivity index (χ3v) is 6.88. The third kappa shape index (κ3) is 6.01. The van der Waals surface area contributed by atoms with Crippen molar-refractivity contribution in [2.75, 3.05) is 26.1 Å². The van der Waals surface area contributed by atoms with Crippen molar-refractivity contribution in [1.82, 2.24) is 0 Å². The first-order chi connectivity index (χ1) is 18.0. The molecule has 6 nitrogen and oxygen atoms in total. The summed E-state index contributed by atoms with van der Waals surface area (Å²) in [6, 6.07) is 23.1. The molecule has 0 unspecified atom stereocenters. The number of amides is 1. The van der Waals surface area contributed by atoms with E-state index in [1.165, 1.54) is 16.9 Å². The van der Waals surface area contributed by atoms with Crippen molar-refractivity contribution in [1.29, 1.82) is 0 Å². The predicted octanol–water partition coefficient (Wildman–Crippen LogP) is 6.65. The van der Waals surface area contributed by atoms with E-state index in [4.69, 9.17) is 14.2 Å². The highest BCUT2D eigenvalue weighted by atomic mass is 32.1. The number of rotatable bonds is 10. The summed E-state index contributed by atoms with van der Waals surface area (Å²) >= 11 is 1.28. The van der Waals surface area contributed by atoms with Crippen LogP contribution in [0.25, 0.3) is 11.1 Å². The molecule has 0 bridgehead atoms. The minimum Gasteiger partial charge on any atom is -0.493 e. The van der Waals surface area contributed by atoms with Gasteiger partial charge in [0.2, 0.25) is 0 Å². The Labute approximate surface area is 220 Å². The number of hydrogen-bond donors (Lipinski definition) is 1. The molecule has 7 heteroatoms. The zero-order chi connectivity index (χ0) is 26.2. The zero-order valence-corrected chi connectivity index (χ0v) is 21.9. The molecule has 0 saturated heterocycles. The normalized spacial score (nSPS) is 10.6. The molecule has 0 fully saturated rings. The number of carbonyl (C=O) groups excluding carboxylic acids is 2. The van der Waals surface area contributed by atoms with E-state index in [9.17, 15) is 9.59 Å². The Hall–Kier alpha value is -4.10. The molecule has 1 amide bonds. The molecule has 4 rings (SSSR count). The lowest BCUT2D eigenvalue weighted by Gasteiger charge is -2.12. The number of nitrogens with one attached hydrogen (secondary N) is 1. The van der Waals surface area contributed by atoms with Crippen LogP contribution >= 0.6 is 11.3 Å². The van der Waals surface area contributed by atoms with Gasteiger partial charge in [0, 0.05) is 16.5 Å². The summed E-state index contributed by atoms with van der Waals surface area (Å²) in [7, 11) is 3.12. The summed E-state index contributed by atoms with van der Waals surface area (Å²) in [5, 5.41) is 5.24. The van der Waals surface area contributed by atoms with E-state index in [2.05, 4.69) is 17.4 Å². The molecule has 1 N–H and O–H groups in total. The van der Waals surface area contributed by atoms with Gasteiger partial charge < -0.3 is 19.5 Å². The molecule has 0 saturated carbocycles. The van der Waals surface area contributed by atoms with Crippen LogP contribution in [0, 0.1) is 0 Å². The number of ether oxygens (including phenoxy) is 3. The second kappa shape index (κ2) is 12.2. The van der Waals surface area contributed by atoms with Gasteiger partial charge >= 0.3 is 5.97 Å². The maximum Gasteiger partial charge on any atom is 0.341 e.